The van der Waals surface area contributed by atoms with Crippen LogP contribution in [0, 0.1) is 0 Å². The van der Waals surface area contributed by atoms with Crippen molar-refractivity contribution in [1.82, 2.24) is 4.90 Å². The Balaban J connectivity index is 2.76. The third kappa shape index (κ3) is 2.98. The maximum absolute atomic E-state index is 5.95. The molecule has 0 bridgehead atoms. The van der Waals surface area contributed by atoms with Gasteiger partial charge in [0.2, 0.25) is 0 Å². The molecule has 1 rings (SSSR count). The van der Waals surface area contributed by atoms with Crippen LogP contribution in [-0.4, -0.2) is 70.2 Å². The minimum atomic E-state index is -0.0984. The monoisotopic (exact) mass is 246 g/mol. The summed E-state index contributed by atoms with van der Waals surface area (Å²) in [5, 5.41) is 0. The zero-order chi connectivity index (χ0) is 12.9. The van der Waals surface area contributed by atoms with Crippen molar-refractivity contribution in [3.05, 3.63) is 0 Å². The van der Waals surface area contributed by atoms with Crippen molar-refractivity contribution in [1.29, 1.82) is 0 Å². The molecule has 0 aromatic carbocycles. The highest BCUT2D eigenvalue weighted by Crippen LogP contribution is 2.27. The number of rotatable bonds is 7. The van der Waals surface area contributed by atoms with Crippen molar-refractivity contribution in [2.45, 2.75) is 31.1 Å². The molecule has 17 heavy (non-hydrogen) atoms. The molecular formula is C12H26N2O3. The van der Waals surface area contributed by atoms with E-state index in [1.807, 2.05) is 0 Å². The van der Waals surface area contributed by atoms with E-state index in [1.54, 1.807) is 21.3 Å². The van der Waals surface area contributed by atoms with Crippen LogP contribution in [0.4, 0.5) is 0 Å². The summed E-state index contributed by atoms with van der Waals surface area (Å²) in [5.74, 6) is 0. The smallest absolute Gasteiger partial charge is 0.0972 e. The second kappa shape index (κ2) is 6.66. The van der Waals surface area contributed by atoms with Crippen LogP contribution in [0.25, 0.3) is 0 Å². The zero-order valence-corrected chi connectivity index (χ0v) is 11.4. The average molecular weight is 246 g/mol. The van der Waals surface area contributed by atoms with Crippen molar-refractivity contribution in [3.63, 3.8) is 0 Å². The van der Waals surface area contributed by atoms with Crippen molar-refractivity contribution in [2.75, 3.05) is 47.6 Å². The molecule has 1 saturated heterocycles. The van der Waals surface area contributed by atoms with Gasteiger partial charge < -0.3 is 19.9 Å². The fourth-order valence-electron chi connectivity index (χ4n) is 2.60. The Morgan fingerprint density at radius 3 is 2.00 bits per heavy atom. The lowest BCUT2D eigenvalue weighted by atomic mass is 9.95. The van der Waals surface area contributed by atoms with E-state index in [0.29, 0.717) is 13.2 Å². The van der Waals surface area contributed by atoms with Crippen LogP contribution in [0.1, 0.15) is 13.3 Å². The molecule has 2 N–H and O–H groups in total. The first-order chi connectivity index (χ1) is 8.17. The quantitative estimate of drug-likeness (QED) is 0.690. The molecule has 1 aliphatic heterocycles. The van der Waals surface area contributed by atoms with E-state index in [9.17, 15) is 0 Å². The number of methoxy groups -OCH3 is 3. The molecule has 0 aromatic heterocycles. The highest BCUT2D eigenvalue weighted by molar-refractivity contribution is 4.98. The highest BCUT2D eigenvalue weighted by atomic mass is 16.5. The van der Waals surface area contributed by atoms with Crippen molar-refractivity contribution >= 4 is 0 Å². The fraction of sp³-hybridized carbons (Fsp3) is 1.00. The first-order valence-corrected chi connectivity index (χ1v) is 6.17. The van der Waals surface area contributed by atoms with Gasteiger partial charge in [-0.05, 0) is 6.42 Å². The molecule has 5 heteroatoms. The van der Waals surface area contributed by atoms with E-state index in [-0.39, 0.29) is 17.7 Å². The van der Waals surface area contributed by atoms with Crippen LogP contribution in [0.5, 0.6) is 0 Å². The van der Waals surface area contributed by atoms with Crippen LogP contribution < -0.4 is 5.73 Å². The summed E-state index contributed by atoms with van der Waals surface area (Å²) in [7, 11) is 5.18. The Morgan fingerprint density at radius 2 is 1.71 bits per heavy atom. The molecule has 0 aliphatic carbocycles. The topological polar surface area (TPSA) is 57.0 Å². The lowest BCUT2D eigenvalue weighted by Crippen LogP contribution is -2.56. The maximum atomic E-state index is 5.95. The SMILES string of the molecule is CCC(CN)(COC)N1CC(OC)C(OC)C1. The molecule has 0 amide bonds. The second-order valence-electron chi connectivity index (χ2n) is 4.67. The van der Waals surface area contributed by atoms with Crippen LogP contribution >= 0.6 is 0 Å². The van der Waals surface area contributed by atoms with Gasteiger partial charge in [0, 0.05) is 41.0 Å². The molecule has 0 saturated carbocycles. The molecule has 3 atom stereocenters. The summed E-state index contributed by atoms with van der Waals surface area (Å²) >= 11 is 0. The lowest BCUT2D eigenvalue weighted by molar-refractivity contribution is -0.00461. The van der Waals surface area contributed by atoms with Gasteiger partial charge in [-0.2, -0.15) is 0 Å². The second-order valence-corrected chi connectivity index (χ2v) is 4.67. The molecule has 0 radical (unpaired) electrons. The molecular weight excluding hydrogens is 220 g/mol. The summed E-state index contributed by atoms with van der Waals surface area (Å²) in [6.45, 7) is 5.08. The molecule has 3 unspecified atom stereocenters. The Labute approximate surface area is 104 Å². The van der Waals surface area contributed by atoms with Gasteiger partial charge in [0.25, 0.3) is 0 Å². The first-order valence-electron chi connectivity index (χ1n) is 6.17. The molecule has 1 fully saturated rings. The van der Waals surface area contributed by atoms with E-state index in [4.69, 9.17) is 19.9 Å². The van der Waals surface area contributed by atoms with Crippen molar-refractivity contribution < 1.29 is 14.2 Å². The largest absolute Gasteiger partial charge is 0.383 e. The van der Waals surface area contributed by atoms with Gasteiger partial charge >= 0.3 is 0 Å². The third-order valence-corrected chi connectivity index (χ3v) is 3.94. The zero-order valence-electron chi connectivity index (χ0n) is 11.4. The van der Waals surface area contributed by atoms with Crippen LogP contribution in [0.3, 0.4) is 0 Å². The highest BCUT2D eigenvalue weighted by Gasteiger charge is 2.43. The van der Waals surface area contributed by atoms with Crippen LogP contribution in [0.2, 0.25) is 0 Å². The molecule has 0 aromatic rings. The van der Waals surface area contributed by atoms with E-state index >= 15 is 0 Å². The predicted molar refractivity (Wildman–Crippen MR) is 67.1 cm³/mol. The third-order valence-electron chi connectivity index (χ3n) is 3.94. The van der Waals surface area contributed by atoms with E-state index in [1.165, 1.54) is 0 Å². The van der Waals surface area contributed by atoms with Gasteiger partial charge in [-0.25, -0.2) is 0 Å². The number of hydrogen-bond acceptors (Lipinski definition) is 5. The Kier molecular flexibility index (Phi) is 5.82. The number of likely N-dealkylation sites (tertiary alicyclic amines) is 1. The number of nitrogens with zero attached hydrogens (tertiary/aromatic N) is 1. The summed E-state index contributed by atoms with van der Waals surface area (Å²) in [6, 6.07) is 0. The Hall–Kier alpha value is -0.200. The summed E-state index contributed by atoms with van der Waals surface area (Å²) in [4.78, 5) is 2.35. The normalized spacial score (nSPS) is 29.5. The van der Waals surface area contributed by atoms with Crippen molar-refractivity contribution in [3.8, 4) is 0 Å². The first kappa shape index (κ1) is 14.9. The molecule has 0 spiro atoms. The van der Waals surface area contributed by atoms with Gasteiger partial charge in [0.1, 0.15) is 0 Å². The standard InChI is InChI=1S/C12H26N2O3/c1-5-12(8-13,9-15-2)14-6-10(16-3)11(7-14)17-4/h10-11H,5-9,13H2,1-4H3. The Bertz CT molecular complexity index is 210. The lowest BCUT2D eigenvalue weighted by Gasteiger charge is -2.40. The number of ether oxygens (including phenoxy) is 3. The molecule has 102 valence electrons. The fourth-order valence-corrected chi connectivity index (χ4v) is 2.60. The average Bonchev–Trinajstić information content (AvgIpc) is 2.79. The van der Waals surface area contributed by atoms with Gasteiger partial charge in [-0.3, -0.25) is 4.90 Å². The Morgan fingerprint density at radius 1 is 1.18 bits per heavy atom. The van der Waals surface area contributed by atoms with Crippen LogP contribution in [-0.2, 0) is 14.2 Å². The van der Waals surface area contributed by atoms with Crippen LogP contribution in [0.15, 0.2) is 0 Å². The van der Waals surface area contributed by atoms with Gasteiger partial charge in [-0.1, -0.05) is 6.92 Å². The maximum Gasteiger partial charge on any atom is 0.0972 e. The van der Waals surface area contributed by atoms with Gasteiger partial charge in [0.05, 0.1) is 24.4 Å². The van der Waals surface area contributed by atoms with Gasteiger partial charge in [0.15, 0.2) is 0 Å². The summed E-state index contributed by atoms with van der Waals surface area (Å²) < 4.78 is 16.3. The van der Waals surface area contributed by atoms with Gasteiger partial charge in [-0.15, -0.1) is 0 Å². The number of hydrogen-bond donors (Lipinski definition) is 1. The summed E-state index contributed by atoms with van der Waals surface area (Å²) in [6.07, 6.45) is 1.20. The minimum Gasteiger partial charge on any atom is -0.383 e. The van der Waals surface area contributed by atoms with Crippen molar-refractivity contribution in [2.24, 2.45) is 5.73 Å². The predicted octanol–water partition coefficient (Wildman–Crippen LogP) is 0.0859. The molecule has 5 nitrogen and oxygen atoms in total. The van der Waals surface area contributed by atoms with E-state index in [0.717, 1.165) is 19.5 Å². The minimum absolute atomic E-state index is 0.0984. The number of nitrogens with two attached hydrogens (primary N) is 1. The van der Waals surface area contributed by atoms with E-state index < -0.39 is 0 Å². The summed E-state index contributed by atoms with van der Waals surface area (Å²) in [5.41, 5.74) is 5.86. The van der Waals surface area contributed by atoms with E-state index in [2.05, 4.69) is 11.8 Å². The molecule has 1 aliphatic rings. The molecule has 1 heterocycles.